The van der Waals surface area contributed by atoms with Crippen LogP contribution in [0.4, 0.5) is 0 Å². The molecule has 0 unspecified atom stereocenters. The third-order valence-electron chi connectivity index (χ3n) is 2.80. The molecular weight excluding hydrogens is 308 g/mol. The monoisotopic (exact) mass is 332 g/mol. The molecule has 1 aromatic heterocycles. The fraction of sp³-hybridized carbons (Fsp3) is 0.692. The molecule has 1 heterocycles. The Labute approximate surface area is 131 Å². The number of nitrogens with zero attached hydrogens (tertiary/aromatic N) is 2. The number of guanidine groups is 1. The highest BCUT2D eigenvalue weighted by Gasteiger charge is 2.06. The summed E-state index contributed by atoms with van der Waals surface area (Å²) in [5.74, 6) is 0.900. The number of nitrogens with one attached hydrogen (secondary N) is 2. The summed E-state index contributed by atoms with van der Waals surface area (Å²) in [5.41, 5.74) is 1.06. The van der Waals surface area contributed by atoms with Gasteiger partial charge in [-0.3, -0.25) is 4.99 Å². The molecule has 0 aliphatic heterocycles. The van der Waals surface area contributed by atoms with Crippen molar-refractivity contribution in [2.24, 2.45) is 4.99 Å². The van der Waals surface area contributed by atoms with E-state index in [9.17, 15) is 8.42 Å². The minimum Gasteiger partial charge on any atom is -0.357 e. The van der Waals surface area contributed by atoms with Gasteiger partial charge in [-0.2, -0.15) is 0 Å². The molecule has 0 aromatic carbocycles. The van der Waals surface area contributed by atoms with Gasteiger partial charge in [-0.1, -0.05) is 6.92 Å². The number of sulfone groups is 1. The average Bonchev–Trinajstić information content (AvgIpc) is 2.84. The third-order valence-corrected chi connectivity index (χ3v) is 5.30. The van der Waals surface area contributed by atoms with E-state index < -0.39 is 9.84 Å². The van der Waals surface area contributed by atoms with E-state index in [1.165, 1.54) is 0 Å². The SMILES string of the molecule is CCNC(=NCCS(=O)(=O)CC)NCCc1csc(C)n1. The Morgan fingerprint density at radius 1 is 1.38 bits per heavy atom. The Morgan fingerprint density at radius 2 is 2.14 bits per heavy atom. The van der Waals surface area contributed by atoms with Gasteiger partial charge in [-0.25, -0.2) is 13.4 Å². The van der Waals surface area contributed by atoms with Crippen molar-refractivity contribution >= 4 is 27.1 Å². The van der Waals surface area contributed by atoms with Gasteiger partial charge in [-0.05, 0) is 13.8 Å². The van der Waals surface area contributed by atoms with Gasteiger partial charge in [0.25, 0.3) is 0 Å². The third kappa shape index (κ3) is 7.42. The van der Waals surface area contributed by atoms with Crippen LogP contribution in [0.25, 0.3) is 0 Å². The fourth-order valence-electron chi connectivity index (χ4n) is 1.61. The summed E-state index contributed by atoms with van der Waals surface area (Å²) in [6, 6.07) is 0. The van der Waals surface area contributed by atoms with Crippen LogP contribution < -0.4 is 10.6 Å². The van der Waals surface area contributed by atoms with Gasteiger partial charge in [0.15, 0.2) is 15.8 Å². The molecule has 0 aliphatic rings. The van der Waals surface area contributed by atoms with E-state index in [0.717, 1.165) is 30.2 Å². The minimum absolute atomic E-state index is 0.0886. The zero-order valence-electron chi connectivity index (χ0n) is 12.8. The molecule has 2 N–H and O–H groups in total. The quantitative estimate of drug-likeness (QED) is 0.548. The number of thiazole rings is 1. The van der Waals surface area contributed by atoms with Gasteiger partial charge >= 0.3 is 0 Å². The number of aliphatic imine (C=N–C) groups is 1. The Balaban J connectivity index is 2.41. The van der Waals surface area contributed by atoms with Crippen LogP contribution in [0.15, 0.2) is 10.4 Å². The summed E-state index contributed by atoms with van der Waals surface area (Å²) in [6.45, 7) is 7.35. The van der Waals surface area contributed by atoms with Crippen LogP contribution in [0.3, 0.4) is 0 Å². The molecule has 21 heavy (non-hydrogen) atoms. The first-order valence-electron chi connectivity index (χ1n) is 7.10. The number of rotatable bonds is 8. The molecule has 0 amide bonds. The lowest BCUT2D eigenvalue weighted by Crippen LogP contribution is -2.38. The first-order chi connectivity index (χ1) is 9.96. The maximum absolute atomic E-state index is 11.4. The zero-order valence-corrected chi connectivity index (χ0v) is 14.5. The molecule has 0 atom stereocenters. The summed E-state index contributed by atoms with van der Waals surface area (Å²) in [4.78, 5) is 8.68. The van der Waals surface area contributed by atoms with Crippen LogP contribution in [0.5, 0.6) is 0 Å². The lowest BCUT2D eigenvalue weighted by atomic mass is 10.3. The summed E-state index contributed by atoms with van der Waals surface area (Å²) < 4.78 is 22.8. The van der Waals surface area contributed by atoms with Crippen LogP contribution in [-0.4, -0.2) is 50.5 Å². The molecule has 1 aromatic rings. The molecule has 8 heteroatoms. The lowest BCUT2D eigenvalue weighted by Gasteiger charge is -2.10. The van der Waals surface area contributed by atoms with Crippen LogP contribution in [0.1, 0.15) is 24.5 Å². The molecule has 1 rings (SSSR count). The molecule has 0 radical (unpaired) electrons. The van der Waals surface area contributed by atoms with E-state index in [1.807, 2.05) is 13.8 Å². The van der Waals surface area contributed by atoms with Crippen molar-refractivity contribution in [1.29, 1.82) is 0 Å². The smallest absolute Gasteiger partial charge is 0.191 e. The molecule has 0 bridgehead atoms. The molecule has 0 spiro atoms. The topological polar surface area (TPSA) is 83.5 Å². The van der Waals surface area contributed by atoms with Crippen molar-refractivity contribution in [3.63, 3.8) is 0 Å². The van der Waals surface area contributed by atoms with Gasteiger partial charge in [0.1, 0.15) is 0 Å². The Hall–Kier alpha value is -1.15. The second-order valence-electron chi connectivity index (χ2n) is 4.53. The van der Waals surface area contributed by atoms with E-state index in [-0.39, 0.29) is 18.1 Å². The van der Waals surface area contributed by atoms with E-state index in [2.05, 4.69) is 26.0 Å². The van der Waals surface area contributed by atoms with Crippen LogP contribution in [-0.2, 0) is 16.3 Å². The molecular formula is C13H24N4O2S2. The van der Waals surface area contributed by atoms with Crippen LogP contribution in [0.2, 0.25) is 0 Å². The van der Waals surface area contributed by atoms with E-state index in [4.69, 9.17) is 0 Å². The second kappa shape index (κ2) is 8.99. The van der Waals surface area contributed by atoms with Crippen molar-refractivity contribution in [2.45, 2.75) is 27.2 Å². The van der Waals surface area contributed by atoms with Crippen molar-refractivity contribution < 1.29 is 8.42 Å². The summed E-state index contributed by atoms with van der Waals surface area (Å²) in [7, 11) is -2.96. The lowest BCUT2D eigenvalue weighted by molar-refractivity contribution is 0.597. The van der Waals surface area contributed by atoms with E-state index >= 15 is 0 Å². The highest BCUT2D eigenvalue weighted by Crippen LogP contribution is 2.07. The normalized spacial score (nSPS) is 12.4. The first kappa shape index (κ1) is 17.9. The van der Waals surface area contributed by atoms with E-state index in [1.54, 1.807) is 18.3 Å². The van der Waals surface area contributed by atoms with Crippen LogP contribution >= 0.6 is 11.3 Å². The summed E-state index contributed by atoms with van der Waals surface area (Å²) >= 11 is 1.64. The van der Waals surface area contributed by atoms with Gasteiger partial charge in [0, 0.05) is 30.6 Å². The first-order valence-corrected chi connectivity index (χ1v) is 9.80. The number of aryl methyl sites for hydroxylation is 1. The maximum atomic E-state index is 11.4. The van der Waals surface area contributed by atoms with Crippen molar-refractivity contribution in [3.05, 3.63) is 16.1 Å². The number of hydrogen-bond donors (Lipinski definition) is 2. The van der Waals surface area contributed by atoms with Gasteiger partial charge in [-0.15, -0.1) is 11.3 Å². The number of hydrogen-bond acceptors (Lipinski definition) is 5. The highest BCUT2D eigenvalue weighted by molar-refractivity contribution is 7.91. The van der Waals surface area contributed by atoms with Gasteiger partial charge in [0.05, 0.1) is 23.0 Å². The second-order valence-corrected chi connectivity index (χ2v) is 8.07. The molecule has 0 fully saturated rings. The molecule has 0 aliphatic carbocycles. The number of aromatic nitrogens is 1. The Kier molecular flexibility index (Phi) is 7.66. The summed E-state index contributed by atoms with van der Waals surface area (Å²) in [6.07, 6.45) is 0.821. The van der Waals surface area contributed by atoms with Crippen molar-refractivity contribution in [3.8, 4) is 0 Å². The molecule has 6 nitrogen and oxygen atoms in total. The van der Waals surface area contributed by atoms with Crippen LogP contribution in [0, 0.1) is 6.92 Å². The highest BCUT2D eigenvalue weighted by atomic mass is 32.2. The largest absolute Gasteiger partial charge is 0.357 e. The minimum atomic E-state index is -2.96. The molecule has 0 saturated heterocycles. The fourth-order valence-corrected chi connectivity index (χ4v) is 2.92. The Bertz CT molecular complexity index is 552. The van der Waals surface area contributed by atoms with Crippen molar-refractivity contribution in [2.75, 3.05) is 31.1 Å². The van der Waals surface area contributed by atoms with E-state index in [0.29, 0.717) is 5.96 Å². The average molecular weight is 332 g/mol. The molecule has 0 saturated carbocycles. The Morgan fingerprint density at radius 3 is 2.71 bits per heavy atom. The van der Waals surface area contributed by atoms with Gasteiger partial charge in [0.2, 0.25) is 0 Å². The predicted octanol–water partition coefficient (Wildman–Crippen LogP) is 0.984. The summed E-state index contributed by atoms with van der Waals surface area (Å²) in [5, 5.41) is 9.41. The zero-order chi connectivity index (χ0) is 15.7. The standard InChI is InChI=1S/C13H24N4O2S2/c1-4-14-13(16-8-9-21(18,19)5-2)15-7-6-12-10-20-11(3)17-12/h10H,4-9H2,1-3H3,(H2,14,15,16). The maximum Gasteiger partial charge on any atom is 0.191 e. The van der Waals surface area contributed by atoms with Gasteiger partial charge < -0.3 is 10.6 Å². The van der Waals surface area contributed by atoms with Crippen molar-refractivity contribution in [1.82, 2.24) is 15.6 Å². The molecule has 120 valence electrons. The predicted molar refractivity (Wildman–Crippen MR) is 88.9 cm³/mol.